The van der Waals surface area contributed by atoms with Gasteiger partial charge in [-0.15, -0.1) is 0 Å². The van der Waals surface area contributed by atoms with Gasteiger partial charge in [0.1, 0.15) is 12.4 Å². The minimum absolute atomic E-state index is 0.330. The summed E-state index contributed by atoms with van der Waals surface area (Å²) in [6.45, 7) is 7.86. The van der Waals surface area contributed by atoms with Crippen LogP contribution in [0, 0.1) is 0 Å². The van der Waals surface area contributed by atoms with E-state index in [1.807, 2.05) is 30.3 Å². The molecule has 6 heteroatoms. The molecule has 1 unspecified atom stereocenters. The Bertz CT molecular complexity index is 706. The molecule has 1 saturated heterocycles. The fourth-order valence-electron chi connectivity index (χ4n) is 3.69. The molecule has 0 aromatic heterocycles. The molecule has 0 spiro atoms. The Morgan fingerprint density at radius 2 is 1.66 bits per heavy atom. The van der Waals surface area contributed by atoms with Gasteiger partial charge in [-0.05, 0) is 36.9 Å². The predicted octanol–water partition coefficient (Wildman–Crippen LogP) is 2.83. The lowest BCUT2D eigenvalue weighted by atomic mass is 10.2. The Kier molecular flexibility index (Phi) is 8.77. The summed E-state index contributed by atoms with van der Waals surface area (Å²) in [4.78, 5) is 6.96. The first-order valence-corrected chi connectivity index (χ1v) is 10.7. The van der Waals surface area contributed by atoms with E-state index in [1.54, 1.807) is 0 Å². The van der Waals surface area contributed by atoms with E-state index in [2.05, 4.69) is 46.0 Å². The lowest BCUT2D eigenvalue weighted by molar-refractivity contribution is 0.0512. The third-order valence-corrected chi connectivity index (χ3v) is 5.49. The maximum absolute atomic E-state index is 10.5. The molecule has 3 rings (SSSR count). The molecular formula is C23H32ClN3O2. The highest BCUT2D eigenvalue weighted by molar-refractivity contribution is 6.30. The number of ether oxygens (including phenoxy) is 1. The van der Waals surface area contributed by atoms with E-state index in [0.29, 0.717) is 13.2 Å². The molecule has 1 atom stereocenters. The van der Waals surface area contributed by atoms with Gasteiger partial charge < -0.3 is 9.84 Å². The molecule has 0 amide bonds. The van der Waals surface area contributed by atoms with Crippen LogP contribution in [0.5, 0.6) is 5.75 Å². The van der Waals surface area contributed by atoms with Crippen LogP contribution in [0.4, 0.5) is 0 Å². The average Bonchev–Trinajstić information content (AvgIpc) is 2.71. The molecule has 29 heavy (non-hydrogen) atoms. The van der Waals surface area contributed by atoms with E-state index in [1.165, 1.54) is 5.56 Å². The Labute approximate surface area is 179 Å². The molecule has 1 aliphatic rings. The fraction of sp³-hybridized carbons (Fsp3) is 0.478. The zero-order valence-electron chi connectivity index (χ0n) is 17.2. The Morgan fingerprint density at radius 3 is 2.34 bits per heavy atom. The topological polar surface area (TPSA) is 39.2 Å². The minimum Gasteiger partial charge on any atom is -0.492 e. The van der Waals surface area contributed by atoms with Gasteiger partial charge in [-0.2, -0.15) is 0 Å². The number of likely N-dealkylation sites (N-methyl/N-ethyl adjacent to an activating group) is 1. The van der Waals surface area contributed by atoms with Crippen LogP contribution in [0.3, 0.4) is 0 Å². The molecule has 0 radical (unpaired) electrons. The Balaban J connectivity index is 1.29. The van der Waals surface area contributed by atoms with Crippen LogP contribution < -0.4 is 4.74 Å². The number of piperazine rings is 1. The number of hydrogen-bond acceptors (Lipinski definition) is 5. The first-order valence-electron chi connectivity index (χ1n) is 10.3. The second-order valence-corrected chi connectivity index (χ2v) is 8.22. The third kappa shape index (κ3) is 7.96. The van der Waals surface area contributed by atoms with Crippen molar-refractivity contribution in [3.8, 4) is 5.75 Å². The summed E-state index contributed by atoms with van der Waals surface area (Å²) in [5.41, 5.74) is 1.27. The van der Waals surface area contributed by atoms with Crippen molar-refractivity contribution >= 4 is 11.6 Å². The van der Waals surface area contributed by atoms with Crippen LogP contribution in [-0.4, -0.2) is 85.4 Å². The number of aliphatic hydroxyl groups is 1. The lowest BCUT2D eigenvalue weighted by Gasteiger charge is -2.36. The molecule has 2 aromatic carbocycles. The van der Waals surface area contributed by atoms with Crippen molar-refractivity contribution in [1.82, 2.24) is 14.7 Å². The van der Waals surface area contributed by atoms with Crippen molar-refractivity contribution in [2.75, 3.05) is 59.5 Å². The quantitative estimate of drug-likeness (QED) is 0.643. The maximum Gasteiger partial charge on any atom is 0.119 e. The summed E-state index contributed by atoms with van der Waals surface area (Å²) < 4.78 is 5.79. The third-order valence-electron chi connectivity index (χ3n) is 5.24. The van der Waals surface area contributed by atoms with Gasteiger partial charge in [0.25, 0.3) is 0 Å². The number of aliphatic hydroxyl groups excluding tert-OH is 1. The predicted molar refractivity (Wildman–Crippen MR) is 119 cm³/mol. The highest BCUT2D eigenvalue weighted by atomic mass is 35.5. The number of hydrogen-bond donors (Lipinski definition) is 1. The van der Waals surface area contributed by atoms with Gasteiger partial charge in [-0.1, -0.05) is 41.9 Å². The molecule has 0 saturated carbocycles. The van der Waals surface area contributed by atoms with E-state index in [-0.39, 0.29) is 6.10 Å². The van der Waals surface area contributed by atoms with Crippen molar-refractivity contribution in [1.29, 1.82) is 0 Å². The van der Waals surface area contributed by atoms with Crippen molar-refractivity contribution in [3.63, 3.8) is 0 Å². The summed E-state index contributed by atoms with van der Waals surface area (Å²) in [7, 11) is 2.06. The van der Waals surface area contributed by atoms with Gasteiger partial charge >= 0.3 is 0 Å². The largest absolute Gasteiger partial charge is 0.492 e. The molecule has 1 heterocycles. The number of β-amino-alcohol motifs (C(OH)–C–C–N with tert-alkyl or cyclic N) is 1. The second kappa shape index (κ2) is 11.5. The molecular weight excluding hydrogens is 386 g/mol. The number of benzene rings is 2. The fourth-order valence-corrected chi connectivity index (χ4v) is 3.82. The van der Waals surface area contributed by atoms with E-state index >= 15 is 0 Å². The first kappa shape index (κ1) is 22.1. The highest BCUT2D eigenvalue weighted by Gasteiger charge is 2.19. The Hall–Kier alpha value is -1.63. The van der Waals surface area contributed by atoms with Crippen molar-refractivity contribution in [2.45, 2.75) is 12.6 Å². The van der Waals surface area contributed by atoms with Crippen molar-refractivity contribution in [2.24, 2.45) is 0 Å². The molecule has 0 bridgehead atoms. The van der Waals surface area contributed by atoms with Gasteiger partial charge in [0.05, 0.1) is 6.10 Å². The molecule has 0 aliphatic carbocycles. The van der Waals surface area contributed by atoms with Gasteiger partial charge in [-0.25, -0.2) is 0 Å². The van der Waals surface area contributed by atoms with Crippen LogP contribution in [0.2, 0.25) is 5.02 Å². The minimum atomic E-state index is -0.330. The number of nitrogens with zero attached hydrogens (tertiary/aromatic N) is 3. The molecule has 158 valence electrons. The summed E-state index contributed by atoms with van der Waals surface area (Å²) in [5.74, 6) is 0.857. The monoisotopic (exact) mass is 417 g/mol. The molecule has 2 aromatic rings. The normalized spacial score (nSPS) is 16.8. The highest BCUT2D eigenvalue weighted by Crippen LogP contribution is 2.15. The maximum atomic E-state index is 10.5. The SMILES string of the molecule is CN(Cc1ccccc1)CC(O)CN1CCN(CCOc2ccc(Cl)cc2)CC1. The average molecular weight is 418 g/mol. The van der Waals surface area contributed by atoms with Crippen LogP contribution in [0.15, 0.2) is 54.6 Å². The summed E-state index contributed by atoms with van der Waals surface area (Å²) in [5, 5.41) is 11.2. The van der Waals surface area contributed by atoms with Gasteiger partial charge in [0.15, 0.2) is 0 Å². The smallest absolute Gasteiger partial charge is 0.119 e. The second-order valence-electron chi connectivity index (χ2n) is 7.78. The Morgan fingerprint density at radius 1 is 1.00 bits per heavy atom. The van der Waals surface area contributed by atoms with Crippen molar-refractivity contribution < 1.29 is 9.84 Å². The molecule has 1 fully saturated rings. The first-order chi connectivity index (χ1) is 14.1. The summed E-state index contributed by atoms with van der Waals surface area (Å²) >= 11 is 5.89. The van der Waals surface area contributed by atoms with Gasteiger partial charge in [0, 0.05) is 57.4 Å². The van der Waals surface area contributed by atoms with Crippen LogP contribution in [-0.2, 0) is 6.54 Å². The van der Waals surface area contributed by atoms with Crippen LogP contribution in [0.1, 0.15) is 5.56 Å². The van der Waals surface area contributed by atoms with E-state index in [0.717, 1.165) is 56.6 Å². The van der Waals surface area contributed by atoms with E-state index in [9.17, 15) is 5.11 Å². The summed E-state index contributed by atoms with van der Waals surface area (Å²) in [6, 6.07) is 17.9. The van der Waals surface area contributed by atoms with Gasteiger partial charge in [0.2, 0.25) is 0 Å². The number of halogens is 1. The van der Waals surface area contributed by atoms with E-state index < -0.39 is 0 Å². The summed E-state index contributed by atoms with van der Waals surface area (Å²) in [6.07, 6.45) is -0.330. The molecule has 5 nitrogen and oxygen atoms in total. The zero-order valence-corrected chi connectivity index (χ0v) is 18.0. The number of rotatable bonds is 10. The van der Waals surface area contributed by atoms with Crippen LogP contribution >= 0.6 is 11.6 Å². The molecule has 1 aliphatic heterocycles. The lowest BCUT2D eigenvalue weighted by Crippen LogP contribution is -2.50. The van der Waals surface area contributed by atoms with Gasteiger partial charge in [-0.3, -0.25) is 14.7 Å². The van der Waals surface area contributed by atoms with E-state index in [4.69, 9.17) is 16.3 Å². The van der Waals surface area contributed by atoms with Crippen molar-refractivity contribution in [3.05, 3.63) is 65.2 Å². The molecule has 1 N–H and O–H groups in total. The van der Waals surface area contributed by atoms with Crippen LogP contribution in [0.25, 0.3) is 0 Å². The zero-order chi connectivity index (χ0) is 20.5. The standard InChI is InChI=1S/C23H32ClN3O2/c1-25(17-20-5-3-2-4-6-20)18-22(28)19-27-13-11-26(12-14-27)15-16-29-23-9-7-21(24)8-10-23/h2-10,22,28H,11-19H2,1H3.